The second-order valence-electron chi connectivity index (χ2n) is 4.67. The number of rotatable bonds is 7. The van der Waals surface area contributed by atoms with E-state index in [1.54, 1.807) is 0 Å². The van der Waals surface area contributed by atoms with Crippen molar-refractivity contribution in [3.05, 3.63) is 0 Å². The van der Waals surface area contributed by atoms with Crippen LogP contribution in [0.1, 0.15) is 19.8 Å². The van der Waals surface area contributed by atoms with Crippen LogP contribution in [-0.2, 0) is 4.79 Å². The van der Waals surface area contributed by atoms with Gasteiger partial charge in [0.25, 0.3) is 0 Å². The lowest BCUT2D eigenvalue weighted by atomic mass is 10.3. The molecule has 0 aliphatic heterocycles. The Labute approximate surface area is 106 Å². The van der Waals surface area contributed by atoms with E-state index in [-0.39, 0.29) is 6.04 Å². The van der Waals surface area contributed by atoms with Gasteiger partial charge in [-0.2, -0.15) is 0 Å². The van der Waals surface area contributed by atoms with Crippen LogP contribution in [0.2, 0.25) is 0 Å². The van der Waals surface area contributed by atoms with Crippen molar-refractivity contribution in [1.82, 2.24) is 15.5 Å². The summed E-state index contributed by atoms with van der Waals surface area (Å²) in [4.78, 5) is 24.2. The van der Waals surface area contributed by atoms with Gasteiger partial charge >= 0.3 is 12.0 Å². The number of aliphatic carboxylic acids is 1. The van der Waals surface area contributed by atoms with Crippen LogP contribution < -0.4 is 10.6 Å². The molecule has 0 saturated heterocycles. The average molecular weight is 259 g/mol. The summed E-state index contributed by atoms with van der Waals surface area (Å²) in [5.41, 5.74) is 0. The van der Waals surface area contributed by atoms with Gasteiger partial charge in [-0.3, -0.25) is 4.90 Å². The Morgan fingerprint density at radius 3 is 2.50 bits per heavy atom. The van der Waals surface area contributed by atoms with E-state index >= 15 is 0 Å². The number of carboxylic acids is 1. The van der Waals surface area contributed by atoms with Crippen molar-refractivity contribution in [3.63, 3.8) is 0 Å². The third-order valence-corrected chi connectivity index (χ3v) is 3.16. The second-order valence-corrected chi connectivity index (χ2v) is 4.67. The first-order chi connectivity index (χ1) is 8.45. The minimum Gasteiger partial charge on any atom is -0.480 e. The molecule has 1 unspecified atom stereocenters. The van der Waals surface area contributed by atoms with Gasteiger partial charge in [-0.25, -0.2) is 9.59 Å². The lowest BCUT2D eigenvalue weighted by Crippen LogP contribution is -2.50. The van der Waals surface area contributed by atoms with Crippen molar-refractivity contribution in [2.24, 2.45) is 0 Å². The molecule has 0 aromatic carbocycles. The van der Waals surface area contributed by atoms with Crippen LogP contribution >= 0.6 is 0 Å². The van der Waals surface area contributed by atoms with E-state index in [2.05, 4.69) is 15.5 Å². The first-order valence-corrected chi connectivity index (χ1v) is 6.05. The number of carbonyl (C=O) groups is 2. The number of carbonyl (C=O) groups excluding carboxylic acids is 1. The summed E-state index contributed by atoms with van der Waals surface area (Å²) in [5.74, 6) is -1.25. The maximum atomic E-state index is 11.4. The fraction of sp³-hybridized carbons (Fsp3) is 0.818. The van der Waals surface area contributed by atoms with Gasteiger partial charge in [0.2, 0.25) is 0 Å². The Hall–Kier alpha value is -1.34. The SMILES string of the molecule is CC(CNC(=O)N[C@@H](CO)C(=O)O)N(C)C1CC1. The highest BCUT2D eigenvalue weighted by Crippen LogP contribution is 2.26. The first kappa shape index (κ1) is 14.7. The Morgan fingerprint density at radius 1 is 1.44 bits per heavy atom. The van der Waals surface area contributed by atoms with Crippen LogP contribution in [0.4, 0.5) is 4.79 Å². The monoisotopic (exact) mass is 259 g/mol. The van der Waals surface area contributed by atoms with Crippen molar-refractivity contribution >= 4 is 12.0 Å². The highest BCUT2D eigenvalue weighted by atomic mass is 16.4. The molecule has 0 spiro atoms. The van der Waals surface area contributed by atoms with Crippen LogP contribution in [0, 0.1) is 0 Å². The summed E-state index contributed by atoms with van der Waals surface area (Å²) < 4.78 is 0. The van der Waals surface area contributed by atoms with Crippen LogP contribution in [0.15, 0.2) is 0 Å². The van der Waals surface area contributed by atoms with E-state index in [4.69, 9.17) is 10.2 Å². The molecule has 1 rings (SSSR count). The molecule has 1 aliphatic rings. The Morgan fingerprint density at radius 2 is 2.06 bits per heavy atom. The van der Waals surface area contributed by atoms with Crippen molar-refractivity contribution in [2.45, 2.75) is 37.9 Å². The van der Waals surface area contributed by atoms with Gasteiger partial charge in [0.05, 0.1) is 6.61 Å². The third kappa shape index (κ3) is 4.50. The van der Waals surface area contributed by atoms with E-state index in [1.165, 1.54) is 12.8 Å². The molecule has 1 fully saturated rings. The highest BCUT2D eigenvalue weighted by Gasteiger charge is 2.29. The predicted molar refractivity (Wildman–Crippen MR) is 65.3 cm³/mol. The molecule has 104 valence electrons. The van der Waals surface area contributed by atoms with Crippen LogP contribution in [0.3, 0.4) is 0 Å². The number of hydrogen-bond acceptors (Lipinski definition) is 4. The van der Waals surface area contributed by atoms with Crippen LogP contribution in [0.5, 0.6) is 0 Å². The predicted octanol–water partition coefficient (Wildman–Crippen LogP) is -0.786. The summed E-state index contributed by atoms with van der Waals surface area (Å²) >= 11 is 0. The highest BCUT2D eigenvalue weighted by molar-refractivity contribution is 5.82. The number of nitrogens with zero attached hydrogens (tertiary/aromatic N) is 1. The molecule has 1 saturated carbocycles. The quantitative estimate of drug-likeness (QED) is 0.480. The zero-order valence-electron chi connectivity index (χ0n) is 10.7. The minimum atomic E-state index is -1.26. The maximum Gasteiger partial charge on any atom is 0.328 e. The molecule has 2 amide bonds. The molecule has 2 atom stereocenters. The number of aliphatic hydroxyl groups excluding tert-OH is 1. The number of likely N-dealkylation sites (N-methyl/N-ethyl adjacent to an activating group) is 1. The summed E-state index contributed by atoms with van der Waals surface area (Å²) in [6.07, 6.45) is 2.39. The topological polar surface area (TPSA) is 102 Å². The molecule has 0 heterocycles. The molecule has 18 heavy (non-hydrogen) atoms. The summed E-state index contributed by atoms with van der Waals surface area (Å²) in [6.45, 7) is 1.82. The minimum absolute atomic E-state index is 0.195. The Kier molecular flexibility index (Phi) is 5.36. The Balaban J connectivity index is 2.25. The first-order valence-electron chi connectivity index (χ1n) is 6.05. The molecule has 0 aromatic heterocycles. The number of urea groups is 1. The number of nitrogens with one attached hydrogen (secondary N) is 2. The second kappa shape index (κ2) is 6.55. The van der Waals surface area contributed by atoms with Gasteiger partial charge in [0, 0.05) is 18.6 Å². The molecule has 7 nitrogen and oxygen atoms in total. The molecular weight excluding hydrogens is 238 g/mol. The number of hydrogen-bond donors (Lipinski definition) is 4. The van der Waals surface area contributed by atoms with Gasteiger partial charge < -0.3 is 20.8 Å². The zero-order chi connectivity index (χ0) is 13.7. The maximum absolute atomic E-state index is 11.4. The molecule has 0 aromatic rings. The molecule has 0 radical (unpaired) electrons. The van der Waals surface area contributed by atoms with Gasteiger partial charge in [0.1, 0.15) is 0 Å². The summed E-state index contributed by atoms with van der Waals surface area (Å²) in [5, 5.41) is 22.2. The fourth-order valence-corrected chi connectivity index (χ4v) is 1.62. The van der Waals surface area contributed by atoms with E-state index in [9.17, 15) is 9.59 Å². The van der Waals surface area contributed by atoms with Crippen molar-refractivity contribution in [3.8, 4) is 0 Å². The smallest absolute Gasteiger partial charge is 0.328 e. The van der Waals surface area contributed by atoms with Crippen LogP contribution in [0.25, 0.3) is 0 Å². The van der Waals surface area contributed by atoms with Crippen LogP contribution in [-0.4, -0.2) is 65.4 Å². The lowest BCUT2D eigenvalue weighted by Gasteiger charge is -2.24. The van der Waals surface area contributed by atoms with E-state index in [0.717, 1.165) is 0 Å². The molecule has 0 bridgehead atoms. The molecular formula is C11H21N3O4. The van der Waals surface area contributed by atoms with Crippen molar-refractivity contribution in [2.75, 3.05) is 20.2 Å². The largest absolute Gasteiger partial charge is 0.480 e. The van der Waals surface area contributed by atoms with Gasteiger partial charge in [-0.15, -0.1) is 0 Å². The van der Waals surface area contributed by atoms with Gasteiger partial charge in [-0.05, 0) is 26.8 Å². The van der Waals surface area contributed by atoms with Crippen molar-refractivity contribution < 1.29 is 19.8 Å². The molecule has 7 heteroatoms. The van der Waals surface area contributed by atoms with Crippen molar-refractivity contribution in [1.29, 1.82) is 0 Å². The summed E-state index contributed by atoms with van der Waals surface area (Å²) in [7, 11) is 2.01. The number of carboxylic acid groups (broad SMARTS) is 1. The van der Waals surface area contributed by atoms with Gasteiger partial charge in [0.15, 0.2) is 6.04 Å². The Bertz CT molecular complexity index is 307. The summed E-state index contributed by atoms with van der Waals surface area (Å²) in [6, 6.07) is -1.04. The third-order valence-electron chi connectivity index (χ3n) is 3.16. The average Bonchev–Trinajstić information content (AvgIpc) is 3.15. The van der Waals surface area contributed by atoms with E-state index < -0.39 is 24.6 Å². The zero-order valence-corrected chi connectivity index (χ0v) is 10.7. The molecule has 4 N–H and O–H groups in total. The standard InChI is InChI=1S/C11H21N3O4/c1-7(14(2)8-3-4-8)5-12-11(18)13-9(6-15)10(16)17/h7-9,15H,3-6H2,1-2H3,(H,16,17)(H2,12,13,18)/t7?,9-/m0/s1. The number of amides is 2. The number of aliphatic hydroxyl groups is 1. The molecule has 1 aliphatic carbocycles. The normalized spacial score (nSPS) is 18.2. The lowest BCUT2D eigenvalue weighted by molar-refractivity contribution is -0.140. The van der Waals surface area contributed by atoms with E-state index in [0.29, 0.717) is 12.6 Å². The van der Waals surface area contributed by atoms with E-state index in [1.807, 2.05) is 14.0 Å². The van der Waals surface area contributed by atoms with Gasteiger partial charge in [-0.1, -0.05) is 0 Å². The fourth-order valence-electron chi connectivity index (χ4n) is 1.62.